The first-order chi connectivity index (χ1) is 12.6. The van der Waals surface area contributed by atoms with Crippen LogP contribution >= 0.6 is 23.2 Å². The van der Waals surface area contributed by atoms with Crippen molar-refractivity contribution in [3.05, 3.63) is 45.6 Å². The van der Waals surface area contributed by atoms with Crippen LogP contribution in [0.25, 0.3) is 0 Å². The Morgan fingerprint density at radius 2 is 2.00 bits per heavy atom. The standard InChI is InChI=1S/C17H17Cl2F3N4O/c1-8(2)23-16(27)13-7-15-24-12(9-3-4-10(18)11(19)5-9)6-14(17(20,21)22)26(15)25-13/h3-5,7-8,12,14,24H,6H2,1-2H3,(H,23,27)/t12-,14+/m1/s1. The number of hydrogen-bond acceptors (Lipinski definition) is 3. The molecule has 3 rings (SSSR count). The SMILES string of the molecule is CC(C)NC(=O)c1cc2n(n1)[C@H](C(F)(F)F)C[C@H](c1ccc(Cl)c(Cl)c1)N2. The molecular formula is C17H17Cl2F3N4O. The zero-order valence-corrected chi connectivity index (χ0v) is 16.0. The largest absolute Gasteiger partial charge is 0.410 e. The molecule has 1 aliphatic rings. The van der Waals surface area contributed by atoms with Gasteiger partial charge in [-0.3, -0.25) is 4.79 Å². The Balaban J connectivity index is 1.98. The maximum atomic E-state index is 13.6. The van der Waals surface area contributed by atoms with Crippen molar-refractivity contribution in [2.24, 2.45) is 0 Å². The van der Waals surface area contributed by atoms with E-state index in [4.69, 9.17) is 23.2 Å². The van der Waals surface area contributed by atoms with Gasteiger partial charge in [0.05, 0.1) is 16.1 Å². The van der Waals surface area contributed by atoms with E-state index in [1.807, 2.05) is 0 Å². The van der Waals surface area contributed by atoms with Crippen molar-refractivity contribution in [1.29, 1.82) is 0 Å². The number of carbonyl (C=O) groups is 1. The monoisotopic (exact) mass is 420 g/mol. The number of fused-ring (bicyclic) bond motifs is 1. The third-order valence-corrected chi connectivity index (χ3v) is 4.93. The van der Waals surface area contributed by atoms with Crippen LogP contribution in [0.1, 0.15) is 48.4 Å². The third kappa shape index (κ3) is 4.16. The topological polar surface area (TPSA) is 59.0 Å². The molecule has 0 fully saturated rings. The number of aromatic nitrogens is 2. The van der Waals surface area contributed by atoms with E-state index in [1.165, 1.54) is 18.2 Å². The Hall–Kier alpha value is -1.93. The Labute approximate surface area is 163 Å². The maximum Gasteiger partial charge on any atom is 0.410 e. The highest BCUT2D eigenvalue weighted by Gasteiger charge is 2.46. The molecule has 0 saturated heterocycles. The predicted octanol–water partition coefficient (Wildman–Crippen LogP) is 4.99. The first-order valence-electron chi connectivity index (χ1n) is 8.25. The minimum absolute atomic E-state index is 0.0739. The molecular weight excluding hydrogens is 404 g/mol. The van der Waals surface area contributed by atoms with Crippen LogP contribution in [0.5, 0.6) is 0 Å². The predicted molar refractivity (Wildman–Crippen MR) is 97.4 cm³/mol. The molecule has 1 amide bonds. The van der Waals surface area contributed by atoms with Gasteiger partial charge in [-0.05, 0) is 31.5 Å². The molecule has 2 N–H and O–H groups in total. The van der Waals surface area contributed by atoms with Gasteiger partial charge in [0.25, 0.3) is 5.91 Å². The number of benzene rings is 1. The van der Waals surface area contributed by atoms with Crippen molar-refractivity contribution in [2.75, 3.05) is 5.32 Å². The zero-order valence-electron chi connectivity index (χ0n) is 14.4. The van der Waals surface area contributed by atoms with Gasteiger partial charge >= 0.3 is 6.18 Å². The Kier molecular flexibility index (Phi) is 5.31. The minimum Gasteiger partial charge on any atom is -0.363 e. The summed E-state index contributed by atoms with van der Waals surface area (Å²) in [5.41, 5.74) is 0.495. The van der Waals surface area contributed by atoms with Gasteiger partial charge in [0, 0.05) is 18.5 Å². The van der Waals surface area contributed by atoms with Crippen LogP contribution in [0.2, 0.25) is 10.0 Å². The van der Waals surface area contributed by atoms with Gasteiger partial charge in [-0.25, -0.2) is 4.68 Å². The van der Waals surface area contributed by atoms with Gasteiger partial charge in [0.1, 0.15) is 5.82 Å². The highest BCUT2D eigenvalue weighted by molar-refractivity contribution is 6.42. The zero-order chi connectivity index (χ0) is 19.9. The molecule has 0 radical (unpaired) electrons. The van der Waals surface area contributed by atoms with E-state index in [-0.39, 0.29) is 29.0 Å². The summed E-state index contributed by atoms with van der Waals surface area (Å²) in [6.45, 7) is 3.51. The molecule has 27 heavy (non-hydrogen) atoms. The normalized spacial score (nSPS) is 19.6. The second-order valence-electron chi connectivity index (χ2n) is 6.65. The van der Waals surface area contributed by atoms with Gasteiger partial charge < -0.3 is 10.6 Å². The smallest absolute Gasteiger partial charge is 0.363 e. The molecule has 0 spiro atoms. The van der Waals surface area contributed by atoms with E-state index in [0.29, 0.717) is 10.6 Å². The summed E-state index contributed by atoms with van der Waals surface area (Å²) in [5, 5.41) is 10.1. The first-order valence-corrected chi connectivity index (χ1v) is 9.00. The van der Waals surface area contributed by atoms with Crippen LogP contribution in [0.4, 0.5) is 19.0 Å². The Morgan fingerprint density at radius 1 is 1.30 bits per heavy atom. The number of nitrogens with zero attached hydrogens (tertiary/aromatic N) is 2. The number of alkyl halides is 3. The second-order valence-corrected chi connectivity index (χ2v) is 7.47. The number of amides is 1. The van der Waals surface area contributed by atoms with Crippen LogP contribution < -0.4 is 10.6 Å². The van der Waals surface area contributed by atoms with E-state index >= 15 is 0 Å². The lowest BCUT2D eigenvalue weighted by Crippen LogP contribution is -2.36. The van der Waals surface area contributed by atoms with E-state index in [1.54, 1.807) is 19.9 Å². The molecule has 1 aliphatic heterocycles. The number of halogens is 5. The van der Waals surface area contributed by atoms with E-state index in [0.717, 1.165) is 4.68 Å². The Morgan fingerprint density at radius 3 is 2.59 bits per heavy atom. The van der Waals surface area contributed by atoms with E-state index in [9.17, 15) is 18.0 Å². The fraction of sp³-hybridized carbons (Fsp3) is 0.412. The van der Waals surface area contributed by atoms with E-state index < -0.39 is 24.2 Å². The molecule has 5 nitrogen and oxygen atoms in total. The van der Waals surface area contributed by atoms with Crippen LogP contribution in [0.3, 0.4) is 0 Å². The van der Waals surface area contributed by atoms with E-state index in [2.05, 4.69) is 15.7 Å². The van der Waals surface area contributed by atoms with Gasteiger partial charge in [0.15, 0.2) is 11.7 Å². The van der Waals surface area contributed by atoms with Crippen molar-refractivity contribution in [1.82, 2.24) is 15.1 Å². The molecule has 1 aromatic carbocycles. The average Bonchev–Trinajstić information content (AvgIpc) is 2.99. The van der Waals surface area contributed by atoms with Gasteiger partial charge in [-0.2, -0.15) is 18.3 Å². The summed E-state index contributed by atoms with van der Waals surface area (Å²) in [6.07, 6.45) is -4.81. The highest BCUT2D eigenvalue weighted by Crippen LogP contribution is 2.44. The number of anilines is 1. The van der Waals surface area contributed by atoms with Crippen molar-refractivity contribution in [3.8, 4) is 0 Å². The van der Waals surface area contributed by atoms with Gasteiger partial charge in [0.2, 0.25) is 0 Å². The summed E-state index contributed by atoms with van der Waals surface area (Å²) in [6, 6.07) is 3.33. The highest BCUT2D eigenvalue weighted by atomic mass is 35.5. The van der Waals surface area contributed by atoms with Crippen LogP contribution in [-0.4, -0.2) is 27.9 Å². The van der Waals surface area contributed by atoms with Crippen molar-refractivity contribution in [3.63, 3.8) is 0 Å². The minimum atomic E-state index is -4.52. The molecule has 146 valence electrons. The average molecular weight is 421 g/mol. The summed E-state index contributed by atoms with van der Waals surface area (Å²) >= 11 is 11.9. The quantitative estimate of drug-likeness (QED) is 0.735. The van der Waals surface area contributed by atoms with Crippen molar-refractivity contribution < 1.29 is 18.0 Å². The summed E-state index contributed by atoms with van der Waals surface area (Å²) in [5.74, 6) is -0.408. The van der Waals surface area contributed by atoms with Gasteiger partial charge in [-0.1, -0.05) is 29.3 Å². The van der Waals surface area contributed by atoms with Crippen molar-refractivity contribution >= 4 is 34.9 Å². The molecule has 2 aromatic rings. The summed E-state index contributed by atoms with van der Waals surface area (Å²) in [7, 11) is 0. The molecule has 2 heterocycles. The fourth-order valence-corrected chi connectivity index (χ4v) is 3.27. The summed E-state index contributed by atoms with van der Waals surface area (Å²) < 4.78 is 41.7. The molecule has 0 saturated carbocycles. The lowest BCUT2D eigenvalue weighted by atomic mass is 9.97. The summed E-state index contributed by atoms with van der Waals surface area (Å²) in [4.78, 5) is 12.1. The molecule has 0 bridgehead atoms. The van der Waals surface area contributed by atoms with Crippen LogP contribution in [0.15, 0.2) is 24.3 Å². The second kappa shape index (κ2) is 7.24. The number of hydrogen-bond donors (Lipinski definition) is 2. The molecule has 0 unspecified atom stereocenters. The molecule has 0 aliphatic carbocycles. The number of rotatable bonds is 3. The molecule has 1 aromatic heterocycles. The molecule has 10 heteroatoms. The molecule has 2 atom stereocenters. The first kappa shape index (κ1) is 19.8. The number of carbonyl (C=O) groups excluding carboxylic acids is 1. The lowest BCUT2D eigenvalue weighted by molar-refractivity contribution is -0.173. The number of nitrogens with one attached hydrogen (secondary N) is 2. The van der Waals surface area contributed by atoms with Crippen LogP contribution in [0, 0.1) is 0 Å². The lowest BCUT2D eigenvalue weighted by Gasteiger charge is -2.33. The third-order valence-electron chi connectivity index (χ3n) is 4.19. The maximum absolute atomic E-state index is 13.6. The van der Waals surface area contributed by atoms with Gasteiger partial charge in [-0.15, -0.1) is 0 Å². The fourth-order valence-electron chi connectivity index (χ4n) is 2.97. The van der Waals surface area contributed by atoms with Crippen LogP contribution in [-0.2, 0) is 0 Å². The van der Waals surface area contributed by atoms with Crippen molar-refractivity contribution in [2.45, 2.75) is 44.6 Å². The Bertz CT molecular complexity index is 866.